The normalized spacial score (nSPS) is 31.0. The van der Waals surface area contributed by atoms with Gasteiger partial charge in [-0.3, -0.25) is 4.79 Å². The van der Waals surface area contributed by atoms with Gasteiger partial charge in [0.2, 0.25) is 0 Å². The van der Waals surface area contributed by atoms with Crippen molar-refractivity contribution < 1.29 is 29.3 Å². The lowest BCUT2D eigenvalue weighted by atomic mass is 9.89. The van der Waals surface area contributed by atoms with Crippen molar-refractivity contribution >= 4 is 18.0 Å². The molecule has 2 saturated carbocycles. The fraction of sp³-hybridized carbons (Fsp3) is 0.550. The van der Waals surface area contributed by atoms with Gasteiger partial charge in [-0.15, -0.1) is 0 Å². The number of carboxylic acid groups (broad SMARTS) is 2. The monoisotopic (exact) mass is 390 g/mol. The Kier molecular flexibility index (Phi) is 5.10. The predicted molar refractivity (Wildman–Crippen MR) is 99.5 cm³/mol. The number of hydrogen-bond acceptors (Lipinski definition) is 5. The first-order valence-corrected chi connectivity index (χ1v) is 9.30. The van der Waals surface area contributed by atoms with Crippen LogP contribution in [0.5, 0.6) is 0 Å². The van der Waals surface area contributed by atoms with E-state index in [1.165, 1.54) is 0 Å². The second-order valence-corrected chi connectivity index (χ2v) is 8.55. The fourth-order valence-electron chi connectivity index (χ4n) is 4.36. The highest BCUT2D eigenvalue weighted by Gasteiger charge is 2.75. The summed E-state index contributed by atoms with van der Waals surface area (Å²) in [5, 5.41) is 25.2. The highest BCUT2D eigenvalue weighted by Crippen LogP contribution is 2.62. The SMILES string of the molecule is CC(C)(C)OC(=O)NC1(C(=O)O)CC(NCc2ccccc2)C2C(C(=O)O)C21. The Morgan fingerprint density at radius 1 is 1.18 bits per heavy atom. The Morgan fingerprint density at radius 3 is 2.36 bits per heavy atom. The van der Waals surface area contributed by atoms with E-state index in [1.807, 2.05) is 30.3 Å². The quantitative estimate of drug-likeness (QED) is 0.584. The van der Waals surface area contributed by atoms with Crippen LogP contribution in [0.25, 0.3) is 0 Å². The minimum absolute atomic E-state index is 0.105. The molecule has 0 aromatic heterocycles. The first kappa shape index (κ1) is 20.1. The first-order valence-electron chi connectivity index (χ1n) is 9.30. The summed E-state index contributed by atoms with van der Waals surface area (Å²) in [6.07, 6.45) is -0.749. The predicted octanol–water partition coefficient (Wildman–Crippen LogP) is 1.84. The van der Waals surface area contributed by atoms with E-state index in [-0.39, 0.29) is 18.4 Å². The Balaban J connectivity index is 1.79. The van der Waals surface area contributed by atoms with Crippen LogP contribution in [0.3, 0.4) is 0 Å². The zero-order chi connectivity index (χ0) is 20.7. The highest BCUT2D eigenvalue weighted by molar-refractivity contribution is 5.89. The second kappa shape index (κ2) is 7.09. The molecule has 5 atom stereocenters. The Morgan fingerprint density at radius 2 is 1.82 bits per heavy atom. The summed E-state index contributed by atoms with van der Waals surface area (Å²) in [4.78, 5) is 36.1. The average Bonchev–Trinajstić information content (AvgIpc) is 3.25. The Hall–Kier alpha value is -2.61. The number of carbonyl (C=O) groups excluding carboxylic acids is 1. The maximum atomic E-state index is 12.3. The summed E-state index contributed by atoms with van der Waals surface area (Å²) in [6, 6.07) is 9.23. The van der Waals surface area contributed by atoms with Crippen LogP contribution in [0, 0.1) is 17.8 Å². The van der Waals surface area contributed by atoms with E-state index >= 15 is 0 Å². The van der Waals surface area contributed by atoms with Gasteiger partial charge in [0.1, 0.15) is 11.1 Å². The molecule has 1 aromatic rings. The van der Waals surface area contributed by atoms with Gasteiger partial charge in [0.05, 0.1) is 5.92 Å². The van der Waals surface area contributed by atoms with Gasteiger partial charge >= 0.3 is 18.0 Å². The Bertz CT molecular complexity index is 775. The first-order chi connectivity index (χ1) is 13.0. The maximum Gasteiger partial charge on any atom is 0.408 e. The largest absolute Gasteiger partial charge is 0.481 e. The maximum absolute atomic E-state index is 12.3. The van der Waals surface area contributed by atoms with E-state index in [0.717, 1.165) is 5.56 Å². The molecular formula is C20H26N2O6. The van der Waals surface area contributed by atoms with E-state index < -0.39 is 41.0 Å². The molecule has 0 aliphatic heterocycles. The molecular weight excluding hydrogens is 364 g/mol. The van der Waals surface area contributed by atoms with Crippen LogP contribution in [0.1, 0.15) is 32.8 Å². The van der Waals surface area contributed by atoms with Crippen molar-refractivity contribution in [2.75, 3.05) is 0 Å². The zero-order valence-corrected chi connectivity index (χ0v) is 16.1. The summed E-state index contributed by atoms with van der Waals surface area (Å²) in [5.74, 6) is -4.12. The number of benzene rings is 1. The van der Waals surface area contributed by atoms with Crippen molar-refractivity contribution in [3.05, 3.63) is 35.9 Å². The molecule has 0 bridgehead atoms. The summed E-state index contributed by atoms with van der Waals surface area (Å²) in [5.41, 5.74) is -1.44. The van der Waals surface area contributed by atoms with Crippen molar-refractivity contribution in [2.24, 2.45) is 17.8 Å². The molecule has 0 saturated heterocycles. The van der Waals surface area contributed by atoms with Gasteiger partial charge in [0.25, 0.3) is 0 Å². The van der Waals surface area contributed by atoms with Gasteiger partial charge in [-0.05, 0) is 38.7 Å². The molecule has 0 heterocycles. The number of hydrogen-bond donors (Lipinski definition) is 4. The van der Waals surface area contributed by atoms with Crippen molar-refractivity contribution in [3.8, 4) is 0 Å². The molecule has 0 radical (unpaired) electrons. The highest BCUT2D eigenvalue weighted by atomic mass is 16.6. The van der Waals surface area contributed by atoms with E-state index in [0.29, 0.717) is 6.54 Å². The van der Waals surface area contributed by atoms with Crippen molar-refractivity contribution in [1.29, 1.82) is 0 Å². The molecule has 3 rings (SSSR count). The molecule has 8 nitrogen and oxygen atoms in total. The number of nitrogens with one attached hydrogen (secondary N) is 2. The molecule has 152 valence electrons. The topological polar surface area (TPSA) is 125 Å². The van der Waals surface area contributed by atoms with Crippen LogP contribution >= 0.6 is 0 Å². The van der Waals surface area contributed by atoms with Gasteiger partial charge in [-0.25, -0.2) is 9.59 Å². The lowest BCUT2D eigenvalue weighted by Gasteiger charge is -2.31. The van der Waals surface area contributed by atoms with Crippen molar-refractivity contribution in [1.82, 2.24) is 10.6 Å². The summed E-state index contributed by atoms with van der Waals surface area (Å²) in [7, 11) is 0. The minimum Gasteiger partial charge on any atom is -0.481 e. The van der Waals surface area contributed by atoms with Crippen LogP contribution in [0.2, 0.25) is 0 Å². The van der Waals surface area contributed by atoms with Crippen LogP contribution in [-0.4, -0.2) is 45.4 Å². The van der Waals surface area contributed by atoms with Gasteiger partial charge < -0.3 is 25.6 Å². The number of fused-ring (bicyclic) bond motifs is 1. The fourth-order valence-corrected chi connectivity index (χ4v) is 4.36. The number of amides is 1. The molecule has 0 spiro atoms. The third-order valence-electron chi connectivity index (χ3n) is 5.45. The van der Waals surface area contributed by atoms with Crippen LogP contribution < -0.4 is 10.6 Å². The van der Waals surface area contributed by atoms with E-state index in [1.54, 1.807) is 20.8 Å². The van der Waals surface area contributed by atoms with E-state index in [9.17, 15) is 24.6 Å². The number of carbonyl (C=O) groups is 3. The summed E-state index contributed by atoms with van der Waals surface area (Å²) >= 11 is 0. The second-order valence-electron chi connectivity index (χ2n) is 8.55. The van der Waals surface area contributed by atoms with Gasteiger partial charge in [0.15, 0.2) is 0 Å². The number of aliphatic carboxylic acids is 2. The van der Waals surface area contributed by atoms with Crippen molar-refractivity contribution in [2.45, 2.75) is 50.9 Å². The number of ether oxygens (including phenoxy) is 1. The van der Waals surface area contributed by atoms with Crippen LogP contribution in [-0.2, 0) is 20.9 Å². The van der Waals surface area contributed by atoms with Crippen LogP contribution in [0.4, 0.5) is 4.79 Å². The number of rotatable bonds is 6. The molecule has 1 aromatic carbocycles. The smallest absolute Gasteiger partial charge is 0.408 e. The van der Waals surface area contributed by atoms with Gasteiger partial charge in [-0.2, -0.15) is 0 Å². The summed E-state index contributed by atoms with van der Waals surface area (Å²) in [6.45, 7) is 5.53. The molecule has 2 fully saturated rings. The zero-order valence-electron chi connectivity index (χ0n) is 16.1. The van der Waals surface area contributed by atoms with E-state index in [4.69, 9.17) is 4.74 Å². The molecule has 8 heteroatoms. The standard InChI is InChI=1S/C20H26N2O6/c1-19(2,3)28-18(27)22-20(17(25)26)9-12(13-14(15(13)20)16(23)24)21-10-11-7-5-4-6-8-11/h4-8,12-15,21H,9-10H2,1-3H3,(H,22,27)(H,23,24)(H,25,26). The number of alkyl carbamates (subject to hydrolysis) is 1. The lowest BCUT2D eigenvalue weighted by molar-refractivity contribution is -0.147. The molecule has 5 unspecified atom stereocenters. The lowest BCUT2D eigenvalue weighted by Crippen LogP contribution is -2.58. The molecule has 2 aliphatic carbocycles. The molecule has 28 heavy (non-hydrogen) atoms. The van der Waals surface area contributed by atoms with E-state index in [2.05, 4.69) is 10.6 Å². The molecule has 4 N–H and O–H groups in total. The Labute approximate surface area is 163 Å². The summed E-state index contributed by atoms with van der Waals surface area (Å²) < 4.78 is 5.22. The van der Waals surface area contributed by atoms with Crippen molar-refractivity contribution in [3.63, 3.8) is 0 Å². The number of carboxylic acids is 2. The van der Waals surface area contributed by atoms with Gasteiger partial charge in [-0.1, -0.05) is 30.3 Å². The molecule has 2 aliphatic rings. The third-order valence-corrected chi connectivity index (χ3v) is 5.45. The van der Waals surface area contributed by atoms with Crippen LogP contribution in [0.15, 0.2) is 30.3 Å². The van der Waals surface area contributed by atoms with Gasteiger partial charge in [0, 0.05) is 18.5 Å². The third kappa shape index (κ3) is 3.82. The minimum atomic E-state index is -1.66. The molecule has 1 amide bonds. The average molecular weight is 390 g/mol.